The van der Waals surface area contributed by atoms with Gasteiger partial charge in [-0.05, 0) is 0 Å². The van der Waals surface area contributed by atoms with E-state index in [-0.39, 0.29) is 18.9 Å². The summed E-state index contributed by atoms with van der Waals surface area (Å²) in [5.41, 5.74) is 0. The standard InChI is InChI=1S/C7H5O2.Li/c1-2-4-7-6(3-1)8-5-9-7;/h1,3-4H,5H2;/q-1;+1. The molecule has 1 aliphatic heterocycles. The minimum atomic E-state index is 0. The molecule has 0 aromatic heterocycles. The molecule has 0 aliphatic carbocycles. The van der Waals surface area contributed by atoms with Crippen LogP contribution in [0.1, 0.15) is 0 Å². The maximum atomic E-state index is 5.06. The van der Waals surface area contributed by atoms with Crippen LogP contribution >= 0.6 is 0 Å². The molecule has 46 valence electrons. The molecule has 2 rings (SSSR count). The van der Waals surface area contributed by atoms with Crippen LogP contribution < -0.4 is 28.3 Å². The SMILES string of the molecule is [Li+].[c-]1ccc2c(c1)OCO2. The van der Waals surface area contributed by atoms with Crippen molar-refractivity contribution in [3.63, 3.8) is 0 Å². The van der Waals surface area contributed by atoms with Crippen molar-refractivity contribution in [2.45, 2.75) is 0 Å². The van der Waals surface area contributed by atoms with Gasteiger partial charge in [-0.25, -0.2) is 0 Å². The first-order chi connectivity index (χ1) is 4.47. The Balaban J connectivity index is 0.000000500. The van der Waals surface area contributed by atoms with E-state index in [0.29, 0.717) is 6.79 Å². The van der Waals surface area contributed by atoms with Crippen molar-refractivity contribution in [1.82, 2.24) is 0 Å². The molecule has 0 saturated heterocycles. The van der Waals surface area contributed by atoms with Gasteiger partial charge in [-0.3, -0.25) is 0 Å². The van der Waals surface area contributed by atoms with Crippen molar-refractivity contribution in [3.05, 3.63) is 24.3 Å². The van der Waals surface area contributed by atoms with Gasteiger partial charge >= 0.3 is 18.9 Å². The van der Waals surface area contributed by atoms with Crippen LogP contribution in [0.5, 0.6) is 11.5 Å². The Bertz CT molecular complexity index is 202. The van der Waals surface area contributed by atoms with Gasteiger partial charge in [0.05, 0.1) is 11.5 Å². The number of rotatable bonds is 0. The third-order valence-corrected chi connectivity index (χ3v) is 1.22. The Hall–Kier alpha value is -0.583. The summed E-state index contributed by atoms with van der Waals surface area (Å²) in [4.78, 5) is 0. The summed E-state index contributed by atoms with van der Waals surface area (Å²) in [5, 5.41) is 0. The van der Waals surface area contributed by atoms with Gasteiger partial charge in [-0.2, -0.15) is 12.1 Å². The zero-order chi connectivity index (χ0) is 6.10. The maximum absolute atomic E-state index is 5.06. The minimum absolute atomic E-state index is 0. The second-order valence-corrected chi connectivity index (χ2v) is 1.78. The minimum Gasteiger partial charge on any atom is -0.516 e. The number of ether oxygens (including phenoxy) is 2. The van der Waals surface area contributed by atoms with Crippen LogP contribution in [-0.4, -0.2) is 6.79 Å². The summed E-state index contributed by atoms with van der Waals surface area (Å²) < 4.78 is 10.1. The Labute approximate surface area is 71.3 Å². The summed E-state index contributed by atoms with van der Waals surface area (Å²) in [6, 6.07) is 8.29. The van der Waals surface area contributed by atoms with E-state index in [1.54, 1.807) is 12.1 Å². The van der Waals surface area contributed by atoms with Crippen molar-refractivity contribution < 1.29 is 28.3 Å². The second kappa shape index (κ2) is 3.00. The zero-order valence-corrected chi connectivity index (χ0v) is 5.76. The van der Waals surface area contributed by atoms with E-state index in [4.69, 9.17) is 9.47 Å². The van der Waals surface area contributed by atoms with Gasteiger partial charge in [0.1, 0.15) is 0 Å². The molecule has 0 bridgehead atoms. The van der Waals surface area contributed by atoms with E-state index >= 15 is 0 Å². The third kappa shape index (κ3) is 1.13. The first-order valence-corrected chi connectivity index (χ1v) is 2.72. The molecule has 2 nitrogen and oxygen atoms in total. The van der Waals surface area contributed by atoms with Crippen LogP contribution in [0.2, 0.25) is 0 Å². The van der Waals surface area contributed by atoms with Gasteiger partial charge in [0.2, 0.25) is 6.79 Å². The van der Waals surface area contributed by atoms with E-state index in [1.807, 2.05) is 6.07 Å². The van der Waals surface area contributed by atoms with E-state index in [1.165, 1.54) is 0 Å². The van der Waals surface area contributed by atoms with Gasteiger partial charge < -0.3 is 9.47 Å². The molecule has 10 heavy (non-hydrogen) atoms. The van der Waals surface area contributed by atoms with Crippen LogP contribution in [0, 0.1) is 6.07 Å². The fraction of sp³-hybridized carbons (Fsp3) is 0.143. The Kier molecular flexibility index (Phi) is 2.26. The number of benzene rings is 1. The molecule has 0 saturated carbocycles. The summed E-state index contributed by atoms with van der Waals surface area (Å²) in [6.07, 6.45) is 0. The molecule has 0 spiro atoms. The molecule has 0 amide bonds. The van der Waals surface area contributed by atoms with Crippen molar-refractivity contribution in [3.8, 4) is 11.5 Å². The summed E-state index contributed by atoms with van der Waals surface area (Å²) in [6.45, 7) is 0.340. The Morgan fingerprint density at radius 1 is 1.30 bits per heavy atom. The monoisotopic (exact) mass is 128 g/mol. The third-order valence-electron chi connectivity index (χ3n) is 1.22. The molecule has 1 aliphatic rings. The van der Waals surface area contributed by atoms with E-state index in [9.17, 15) is 0 Å². The van der Waals surface area contributed by atoms with Crippen molar-refractivity contribution in [1.29, 1.82) is 0 Å². The molecular weight excluding hydrogens is 123 g/mol. The summed E-state index contributed by atoms with van der Waals surface area (Å²) in [5.74, 6) is 1.60. The number of fused-ring (bicyclic) bond motifs is 1. The Morgan fingerprint density at radius 3 is 2.90 bits per heavy atom. The fourth-order valence-corrected chi connectivity index (χ4v) is 0.789. The van der Waals surface area contributed by atoms with Crippen LogP contribution in [0.15, 0.2) is 18.2 Å². The van der Waals surface area contributed by atoms with Crippen LogP contribution in [0.3, 0.4) is 0 Å². The molecule has 0 unspecified atom stereocenters. The van der Waals surface area contributed by atoms with Gasteiger partial charge in [0.25, 0.3) is 0 Å². The number of hydrogen-bond acceptors (Lipinski definition) is 2. The molecule has 3 heteroatoms. The molecule has 1 aromatic rings. The molecule has 0 fully saturated rings. The molecule has 0 atom stereocenters. The van der Waals surface area contributed by atoms with E-state index < -0.39 is 0 Å². The number of hydrogen-bond donors (Lipinski definition) is 0. The van der Waals surface area contributed by atoms with Gasteiger partial charge in [0, 0.05) is 0 Å². The smallest absolute Gasteiger partial charge is 0.516 e. The van der Waals surface area contributed by atoms with E-state index in [0.717, 1.165) is 11.5 Å². The molecule has 0 N–H and O–H groups in total. The van der Waals surface area contributed by atoms with Crippen LogP contribution in [0.4, 0.5) is 0 Å². The predicted octanol–water partition coefficient (Wildman–Crippen LogP) is -1.78. The normalized spacial score (nSPS) is 12.4. The van der Waals surface area contributed by atoms with Crippen molar-refractivity contribution in [2.24, 2.45) is 0 Å². The maximum Gasteiger partial charge on any atom is 1.00 e. The van der Waals surface area contributed by atoms with Crippen LogP contribution in [-0.2, 0) is 0 Å². The summed E-state index contributed by atoms with van der Waals surface area (Å²) in [7, 11) is 0. The first-order valence-electron chi connectivity index (χ1n) is 2.72. The van der Waals surface area contributed by atoms with Crippen molar-refractivity contribution in [2.75, 3.05) is 6.79 Å². The van der Waals surface area contributed by atoms with Gasteiger partial charge in [0.15, 0.2) is 0 Å². The second-order valence-electron chi connectivity index (χ2n) is 1.78. The fourth-order valence-electron chi connectivity index (χ4n) is 0.789. The first kappa shape index (κ1) is 7.52. The average Bonchev–Trinajstić information content (AvgIpc) is 2.33. The molecule has 1 aromatic carbocycles. The van der Waals surface area contributed by atoms with E-state index in [2.05, 4.69) is 6.07 Å². The quantitative estimate of drug-likeness (QED) is 0.304. The van der Waals surface area contributed by atoms with Gasteiger partial charge in [-0.15, -0.1) is 12.1 Å². The molecular formula is C7H5LiO2. The van der Waals surface area contributed by atoms with Crippen molar-refractivity contribution >= 4 is 0 Å². The predicted molar refractivity (Wildman–Crippen MR) is 31.4 cm³/mol. The zero-order valence-electron chi connectivity index (χ0n) is 5.76. The Morgan fingerprint density at radius 2 is 2.10 bits per heavy atom. The topological polar surface area (TPSA) is 18.5 Å². The van der Waals surface area contributed by atoms with Crippen LogP contribution in [0.25, 0.3) is 0 Å². The molecule has 0 radical (unpaired) electrons. The van der Waals surface area contributed by atoms with Gasteiger partial charge in [-0.1, -0.05) is 0 Å². The largest absolute Gasteiger partial charge is 1.00 e. The summed E-state index contributed by atoms with van der Waals surface area (Å²) >= 11 is 0. The average molecular weight is 128 g/mol. The molecule has 1 heterocycles.